The fraction of sp³-hybridized carbons (Fsp3) is 0.615. The van der Waals surface area contributed by atoms with Crippen molar-refractivity contribution in [1.82, 2.24) is 5.32 Å². The Morgan fingerprint density at radius 1 is 1.61 bits per heavy atom. The highest BCUT2D eigenvalue weighted by atomic mass is 35.5. The molecule has 1 aliphatic carbocycles. The summed E-state index contributed by atoms with van der Waals surface area (Å²) in [6.07, 6.45) is 2.62. The van der Waals surface area contributed by atoms with Crippen LogP contribution in [0.2, 0.25) is 4.34 Å². The summed E-state index contributed by atoms with van der Waals surface area (Å²) in [6.45, 7) is 3.40. The van der Waals surface area contributed by atoms with Crippen LogP contribution in [0.25, 0.3) is 0 Å². The van der Waals surface area contributed by atoms with Crippen LogP contribution in [-0.2, 0) is 4.79 Å². The number of ketones is 1. The lowest BCUT2D eigenvalue weighted by Gasteiger charge is -2.17. The number of halogens is 1. The van der Waals surface area contributed by atoms with E-state index in [-0.39, 0.29) is 11.7 Å². The maximum absolute atomic E-state index is 12.1. The quantitative estimate of drug-likeness (QED) is 0.809. The standard InChI is InChI=1S/C13H19ClN2OS/c1-8(15)13(17)10(7-16-6-9-2-3-9)11-4-5-12(14)18-11/h4-5,8-10,16H,2-3,6-7,15H2,1H3/t8-,10+/m0/s1. The van der Waals surface area contributed by atoms with Crippen LogP contribution in [0.4, 0.5) is 0 Å². The molecule has 0 radical (unpaired) electrons. The Labute approximate surface area is 117 Å². The van der Waals surface area contributed by atoms with E-state index in [4.69, 9.17) is 17.3 Å². The summed E-state index contributed by atoms with van der Waals surface area (Å²) in [6, 6.07) is 3.33. The number of nitrogens with one attached hydrogen (secondary N) is 1. The Morgan fingerprint density at radius 2 is 2.33 bits per heavy atom. The molecule has 100 valence electrons. The minimum Gasteiger partial charge on any atom is -0.322 e. The summed E-state index contributed by atoms with van der Waals surface area (Å²) in [7, 11) is 0. The fourth-order valence-electron chi connectivity index (χ4n) is 1.93. The van der Waals surface area contributed by atoms with Crippen molar-refractivity contribution in [1.29, 1.82) is 0 Å². The van der Waals surface area contributed by atoms with Crippen molar-refractivity contribution < 1.29 is 4.79 Å². The predicted molar refractivity (Wildman–Crippen MR) is 76.3 cm³/mol. The number of carbonyl (C=O) groups is 1. The zero-order valence-electron chi connectivity index (χ0n) is 10.5. The zero-order valence-corrected chi connectivity index (χ0v) is 12.1. The molecule has 0 bridgehead atoms. The van der Waals surface area contributed by atoms with Crippen molar-refractivity contribution in [3.8, 4) is 0 Å². The van der Waals surface area contributed by atoms with Gasteiger partial charge in [0.2, 0.25) is 0 Å². The van der Waals surface area contributed by atoms with Gasteiger partial charge in [0.25, 0.3) is 0 Å². The molecule has 1 fully saturated rings. The van der Waals surface area contributed by atoms with Gasteiger partial charge in [0.15, 0.2) is 5.78 Å². The topological polar surface area (TPSA) is 55.1 Å². The molecule has 0 aliphatic heterocycles. The second kappa shape index (κ2) is 6.15. The normalized spacial score (nSPS) is 18.6. The largest absolute Gasteiger partial charge is 0.322 e. The molecule has 1 aromatic rings. The minimum absolute atomic E-state index is 0.0804. The SMILES string of the molecule is C[C@H](N)C(=O)[C@H](CNCC1CC1)c1ccc(Cl)s1. The van der Waals surface area contributed by atoms with Gasteiger partial charge in [-0.1, -0.05) is 11.6 Å². The summed E-state index contributed by atoms with van der Waals surface area (Å²) in [5, 5.41) is 3.38. The van der Waals surface area contributed by atoms with E-state index in [1.807, 2.05) is 12.1 Å². The summed E-state index contributed by atoms with van der Waals surface area (Å²) >= 11 is 7.40. The average Bonchev–Trinajstić information content (AvgIpc) is 3.05. The molecule has 0 aromatic carbocycles. The number of Topliss-reactive ketones (excluding diaryl/α,β-unsaturated/α-hetero) is 1. The molecular weight excluding hydrogens is 268 g/mol. The molecule has 1 heterocycles. The van der Waals surface area contributed by atoms with Gasteiger partial charge in [0.05, 0.1) is 16.3 Å². The maximum atomic E-state index is 12.1. The zero-order chi connectivity index (χ0) is 13.1. The van der Waals surface area contributed by atoms with Gasteiger partial charge in [0, 0.05) is 11.4 Å². The van der Waals surface area contributed by atoms with Gasteiger partial charge in [-0.25, -0.2) is 0 Å². The average molecular weight is 287 g/mol. The first-order valence-corrected chi connectivity index (χ1v) is 7.52. The van der Waals surface area contributed by atoms with E-state index in [1.165, 1.54) is 24.2 Å². The molecule has 0 amide bonds. The molecule has 5 heteroatoms. The van der Waals surface area contributed by atoms with Crippen molar-refractivity contribution in [3.05, 3.63) is 21.3 Å². The van der Waals surface area contributed by atoms with Crippen LogP contribution in [0, 0.1) is 5.92 Å². The molecule has 0 saturated heterocycles. The Hall–Kier alpha value is -0.420. The number of hydrogen-bond acceptors (Lipinski definition) is 4. The van der Waals surface area contributed by atoms with Crippen LogP contribution in [0.15, 0.2) is 12.1 Å². The number of rotatable bonds is 7. The number of carbonyl (C=O) groups excluding carboxylic acids is 1. The molecule has 0 unspecified atom stereocenters. The molecule has 3 nitrogen and oxygen atoms in total. The predicted octanol–water partition coefficient (Wildman–Crippen LogP) is 2.40. The first kappa shape index (κ1) is 14.0. The molecule has 1 saturated carbocycles. The second-order valence-electron chi connectivity index (χ2n) is 4.99. The molecular formula is C13H19ClN2OS. The maximum Gasteiger partial charge on any atom is 0.158 e. The third kappa shape index (κ3) is 3.79. The van der Waals surface area contributed by atoms with Crippen molar-refractivity contribution in [2.75, 3.05) is 13.1 Å². The van der Waals surface area contributed by atoms with E-state index < -0.39 is 6.04 Å². The molecule has 1 aliphatic rings. The van der Waals surface area contributed by atoms with Gasteiger partial charge >= 0.3 is 0 Å². The van der Waals surface area contributed by atoms with Crippen molar-refractivity contribution in [3.63, 3.8) is 0 Å². The lowest BCUT2D eigenvalue weighted by molar-refractivity contribution is -0.121. The Kier molecular flexibility index (Phi) is 4.78. The molecule has 0 spiro atoms. The minimum atomic E-state index is -0.432. The van der Waals surface area contributed by atoms with Crippen LogP contribution >= 0.6 is 22.9 Å². The van der Waals surface area contributed by atoms with Gasteiger partial charge in [-0.3, -0.25) is 4.79 Å². The van der Waals surface area contributed by atoms with Crippen LogP contribution in [0.1, 0.15) is 30.6 Å². The van der Waals surface area contributed by atoms with Crippen LogP contribution in [0.5, 0.6) is 0 Å². The van der Waals surface area contributed by atoms with Gasteiger partial charge in [-0.05, 0) is 44.4 Å². The first-order valence-electron chi connectivity index (χ1n) is 6.33. The van der Waals surface area contributed by atoms with E-state index in [0.29, 0.717) is 6.54 Å². The van der Waals surface area contributed by atoms with Crippen molar-refractivity contribution >= 4 is 28.7 Å². The van der Waals surface area contributed by atoms with Crippen LogP contribution < -0.4 is 11.1 Å². The molecule has 2 atom stereocenters. The lowest BCUT2D eigenvalue weighted by Crippen LogP contribution is -2.36. The third-order valence-electron chi connectivity index (χ3n) is 3.21. The monoisotopic (exact) mass is 286 g/mol. The van der Waals surface area contributed by atoms with Gasteiger partial charge in [0.1, 0.15) is 0 Å². The summed E-state index contributed by atoms with van der Waals surface area (Å²) in [5.41, 5.74) is 5.72. The highest BCUT2D eigenvalue weighted by molar-refractivity contribution is 7.16. The fourth-order valence-corrected chi connectivity index (χ4v) is 3.10. The van der Waals surface area contributed by atoms with Crippen molar-refractivity contribution in [2.24, 2.45) is 11.7 Å². The Bertz CT molecular complexity index is 415. The van der Waals surface area contributed by atoms with Crippen molar-refractivity contribution in [2.45, 2.75) is 31.7 Å². The molecule has 18 heavy (non-hydrogen) atoms. The van der Waals surface area contributed by atoms with E-state index in [0.717, 1.165) is 21.7 Å². The third-order valence-corrected chi connectivity index (χ3v) is 4.55. The highest BCUT2D eigenvalue weighted by Gasteiger charge is 2.26. The van der Waals surface area contributed by atoms with Crippen LogP contribution in [-0.4, -0.2) is 24.9 Å². The first-order chi connectivity index (χ1) is 8.58. The molecule has 1 aromatic heterocycles. The number of nitrogens with two attached hydrogens (primary N) is 1. The molecule has 2 rings (SSSR count). The number of hydrogen-bond donors (Lipinski definition) is 2. The summed E-state index contributed by atoms with van der Waals surface area (Å²) in [5.74, 6) is 0.723. The molecule has 3 N–H and O–H groups in total. The van der Waals surface area contributed by atoms with E-state index >= 15 is 0 Å². The van der Waals surface area contributed by atoms with E-state index in [1.54, 1.807) is 6.92 Å². The number of thiophene rings is 1. The lowest BCUT2D eigenvalue weighted by atomic mass is 9.97. The summed E-state index contributed by atoms with van der Waals surface area (Å²) in [4.78, 5) is 13.1. The van der Waals surface area contributed by atoms with E-state index in [9.17, 15) is 4.79 Å². The van der Waals surface area contributed by atoms with Gasteiger partial charge < -0.3 is 11.1 Å². The van der Waals surface area contributed by atoms with Gasteiger partial charge in [-0.2, -0.15) is 0 Å². The second-order valence-corrected chi connectivity index (χ2v) is 6.73. The van der Waals surface area contributed by atoms with E-state index in [2.05, 4.69) is 5.32 Å². The van der Waals surface area contributed by atoms with Crippen LogP contribution in [0.3, 0.4) is 0 Å². The van der Waals surface area contributed by atoms with Gasteiger partial charge in [-0.15, -0.1) is 11.3 Å². The summed E-state index contributed by atoms with van der Waals surface area (Å²) < 4.78 is 0.717. The Morgan fingerprint density at radius 3 is 2.83 bits per heavy atom. The Balaban J connectivity index is 1.99. The smallest absolute Gasteiger partial charge is 0.158 e. The highest BCUT2D eigenvalue weighted by Crippen LogP contribution is 2.30.